The van der Waals surface area contributed by atoms with Gasteiger partial charge in [0.15, 0.2) is 0 Å². The molecule has 3 heterocycles. The van der Waals surface area contributed by atoms with Crippen molar-refractivity contribution in [2.24, 2.45) is 0 Å². The molecule has 6 nitrogen and oxygen atoms in total. The van der Waals surface area contributed by atoms with E-state index in [0.29, 0.717) is 0 Å². The number of nitrogens with zero attached hydrogens (tertiary/aromatic N) is 3. The summed E-state index contributed by atoms with van der Waals surface area (Å²) in [5.41, 5.74) is -0.199. The second-order valence-electron chi connectivity index (χ2n) is 7.71. The zero-order valence-electron chi connectivity index (χ0n) is 16.0. The maximum atomic E-state index is 12.3. The fourth-order valence-electron chi connectivity index (χ4n) is 3.98. The van der Waals surface area contributed by atoms with Gasteiger partial charge in [0, 0.05) is 26.2 Å². The quantitative estimate of drug-likeness (QED) is 0.810. The van der Waals surface area contributed by atoms with E-state index in [1.54, 1.807) is 0 Å². The minimum atomic E-state index is -0.199. The number of likely N-dealkylation sites (N-methyl/N-ethyl adjacent to an activating group) is 1. The number of hydrogen-bond donors (Lipinski definition) is 0. The molecule has 0 aromatic carbocycles. The van der Waals surface area contributed by atoms with Crippen molar-refractivity contribution in [2.75, 3.05) is 46.9 Å². The molecule has 1 aromatic heterocycles. The molecule has 1 spiro atoms. The lowest BCUT2D eigenvalue weighted by molar-refractivity contribution is -0.187. The molecule has 6 heteroatoms. The predicted octanol–water partition coefficient (Wildman–Crippen LogP) is 1.73. The Balaban J connectivity index is 1.59. The number of carbonyl (C=O) groups is 1. The lowest BCUT2D eigenvalue weighted by atomic mass is 9.82. The van der Waals surface area contributed by atoms with Crippen LogP contribution in [-0.2, 0) is 16.1 Å². The number of ether oxygens (including phenoxy) is 1. The van der Waals surface area contributed by atoms with E-state index in [1.165, 1.54) is 0 Å². The zero-order chi connectivity index (χ0) is 18.0. The number of carbonyl (C=O) groups excluding carboxylic acids is 1. The van der Waals surface area contributed by atoms with Crippen LogP contribution >= 0.6 is 0 Å². The van der Waals surface area contributed by atoms with Gasteiger partial charge in [0.25, 0.3) is 0 Å². The van der Waals surface area contributed by atoms with Crippen LogP contribution in [0.15, 0.2) is 16.5 Å². The average molecular weight is 349 g/mol. The molecule has 2 saturated heterocycles. The Kier molecular flexibility index (Phi) is 5.51. The third-order valence-corrected chi connectivity index (χ3v) is 5.70. The van der Waals surface area contributed by atoms with E-state index < -0.39 is 0 Å². The van der Waals surface area contributed by atoms with Gasteiger partial charge in [-0.1, -0.05) is 0 Å². The molecule has 0 bridgehead atoms. The molecular weight excluding hydrogens is 318 g/mol. The van der Waals surface area contributed by atoms with Crippen molar-refractivity contribution in [1.29, 1.82) is 0 Å². The van der Waals surface area contributed by atoms with E-state index in [1.807, 2.05) is 32.0 Å². The van der Waals surface area contributed by atoms with Gasteiger partial charge in [-0.3, -0.25) is 9.69 Å². The van der Waals surface area contributed by atoms with Crippen molar-refractivity contribution in [2.45, 2.75) is 44.9 Å². The molecule has 0 saturated carbocycles. The normalized spacial score (nSPS) is 24.4. The highest BCUT2D eigenvalue weighted by Gasteiger charge is 2.47. The van der Waals surface area contributed by atoms with E-state index in [2.05, 4.69) is 22.8 Å². The first kappa shape index (κ1) is 18.4. The Morgan fingerprint density at radius 3 is 2.60 bits per heavy atom. The Morgan fingerprint density at radius 1 is 1.28 bits per heavy atom. The third kappa shape index (κ3) is 4.07. The number of likely N-dealkylation sites (tertiary alicyclic amines) is 1. The summed E-state index contributed by atoms with van der Waals surface area (Å²) in [6.07, 6.45) is 1.92. The molecule has 1 atom stereocenters. The van der Waals surface area contributed by atoms with E-state index in [4.69, 9.17) is 9.15 Å². The molecule has 140 valence electrons. The minimum Gasteiger partial charge on any atom is -0.465 e. The number of morpholine rings is 1. The molecule has 3 rings (SSSR count). The minimum absolute atomic E-state index is 0.119. The highest BCUT2D eigenvalue weighted by Crippen LogP contribution is 2.36. The number of aryl methyl sites for hydroxylation is 1. The van der Waals surface area contributed by atoms with Crippen molar-refractivity contribution in [3.05, 3.63) is 23.7 Å². The summed E-state index contributed by atoms with van der Waals surface area (Å²) in [4.78, 5) is 18.9. The van der Waals surface area contributed by atoms with Gasteiger partial charge in [0.05, 0.1) is 18.2 Å². The van der Waals surface area contributed by atoms with Gasteiger partial charge in [-0.2, -0.15) is 0 Å². The highest BCUT2D eigenvalue weighted by molar-refractivity contribution is 5.78. The summed E-state index contributed by atoms with van der Waals surface area (Å²) < 4.78 is 11.8. The number of piperidine rings is 1. The SMILES string of the molecule is Cc1ccc(CN2CCC3(CC2)OCC(=O)N(CCN(C)C)C3C)o1. The highest BCUT2D eigenvalue weighted by atomic mass is 16.5. The fourth-order valence-corrected chi connectivity index (χ4v) is 3.98. The van der Waals surface area contributed by atoms with Crippen molar-refractivity contribution < 1.29 is 13.9 Å². The van der Waals surface area contributed by atoms with Gasteiger partial charge in [-0.25, -0.2) is 0 Å². The summed E-state index contributed by atoms with van der Waals surface area (Å²) in [6.45, 7) is 8.80. The summed E-state index contributed by atoms with van der Waals surface area (Å²) in [5.74, 6) is 2.10. The van der Waals surface area contributed by atoms with Crippen molar-refractivity contribution in [1.82, 2.24) is 14.7 Å². The maximum absolute atomic E-state index is 12.3. The van der Waals surface area contributed by atoms with E-state index >= 15 is 0 Å². The van der Waals surface area contributed by atoms with E-state index in [9.17, 15) is 4.79 Å². The summed E-state index contributed by atoms with van der Waals surface area (Å²) >= 11 is 0. The van der Waals surface area contributed by atoms with Crippen LogP contribution < -0.4 is 0 Å². The smallest absolute Gasteiger partial charge is 0.248 e. The van der Waals surface area contributed by atoms with Gasteiger partial charge in [-0.15, -0.1) is 0 Å². The first-order valence-electron chi connectivity index (χ1n) is 9.25. The lowest BCUT2D eigenvalue weighted by Gasteiger charge is -2.51. The number of hydrogen-bond acceptors (Lipinski definition) is 5. The van der Waals surface area contributed by atoms with Crippen molar-refractivity contribution in [3.63, 3.8) is 0 Å². The van der Waals surface area contributed by atoms with E-state index in [0.717, 1.165) is 57.1 Å². The molecule has 2 aliphatic heterocycles. The van der Waals surface area contributed by atoms with E-state index in [-0.39, 0.29) is 24.2 Å². The van der Waals surface area contributed by atoms with Crippen LogP contribution in [0.5, 0.6) is 0 Å². The molecule has 25 heavy (non-hydrogen) atoms. The maximum Gasteiger partial charge on any atom is 0.248 e. The van der Waals surface area contributed by atoms with Gasteiger partial charge in [0.2, 0.25) is 5.91 Å². The van der Waals surface area contributed by atoms with Gasteiger partial charge >= 0.3 is 0 Å². The number of rotatable bonds is 5. The van der Waals surface area contributed by atoms with Crippen LogP contribution in [0.2, 0.25) is 0 Å². The molecular formula is C19H31N3O3. The molecule has 0 N–H and O–H groups in total. The molecule has 2 aliphatic rings. The summed E-state index contributed by atoms with van der Waals surface area (Å²) in [7, 11) is 4.08. The predicted molar refractivity (Wildman–Crippen MR) is 96.4 cm³/mol. The van der Waals surface area contributed by atoms with Crippen LogP contribution in [0.1, 0.15) is 31.3 Å². The molecule has 0 radical (unpaired) electrons. The fraction of sp³-hybridized carbons (Fsp3) is 0.737. The topological polar surface area (TPSA) is 49.2 Å². The van der Waals surface area contributed by atoms with Crippen molar-refractivity contribution >= 4 is 5.91 Å². The first-order valence-corrected chi connectivity index (χ1v) is 9.25. The molecule has 0 aliphatic carbocycles. The van der Waals surface area contributed by atoms with Crippen LogP contribution in [0.4, 0.5) is 0 Å². The van der Waals surface area contributed by atoms with Gasteiger partial charge < -0.3 is 19.0 Å². The van der Waals surface area contributed by atoms with Crippen molar-refractivity contribution in [3.8, 4) is 0 Å². The average Bonchev–Trinajstić information content (AvgIpc) is 2.98. The lowest BCUT2D eigenvalue weighted by Crippen LogP contribution is -2.64. The second kappa shape index (κ2) is 7.48. The zero-order valence-corrected chi connectivity index (χ0v) is 16.0. The standard InChI is InChI=1S/C19H31N3O3/c1-15-5-6-17(25-15)13-21-9-7-19(8-10-21)16(2)22(12-11-20(3)4)18(23)14-24-19/h5-6,16H,7-14H2,1-4H3. The largest absolute Gasteiger partial charge is 0.465 e. The molecule has 1 unspecified atom stereocenters. The summed E-state index contributed by atoms with van der Waals surface area (Å²) in [6, 6.07) is 4.20. The van der Waals surface area contributed by atoms with Gasteiger partial charge in [0.1, 0.15) is 18.1 Å². The Bertz CT molecular complexity index is 590. The molecule has 1 amide bonds. The first-order chi connectivity index (χ1) is 11.9. The van der Waals surface area contributed by atoms with Crippen LogP contribution in [0, 0.1) is 6.92 Å². The number of furan rings is 1. The van der Waals surface area contributed by atoms with Gasteiger partial charge in [-0.05, 0) is 52.9 Å². The monoisotopic (exact) mass is 349 g/mol. The third-order valence-electron chi connectivity index (χ3n) is 5.70. The van der Waals surface area contributed by atoms with Crippen LogP contribution in [0.3, 0.4) is 0 Å². The van der Waals surface area contributed by atoms with Crippen LogP contribution in [-0.4, -0.2) is 79.1 Å². The Labute approximate surface area is 150 Å². The number of amides is 1. The molecule has 2 fully saturated rings. The summed E-state index contributed by atoms with van der Waals surface area (Å²) in [5, 5.41) is 0. The second-order valence-corrected chi connectivity index (χ2v) is 7.71. The van der Waals surface area contributed by atoms with Crippen LogP contribution in [0.25, 0.3) is 0 Å². The Morgan fingerprint density at radius 2 is 2.00 bits per heavy atom. The Hall–Kier alpha value is -1.37. The molecule has 1 aromatic rings.